The lowest BCUT2D eigenvalue weighted by Crippen LogP contribution is -2.28. The molecule has 2 unspecified atom stereocenters. The van der Waals surface area contributed by atoms with E-state index in [1.54, 1.807) is 6.08 Å². The van der Waals surface area contributed by atoms with E-state index in [0.29, 0.717) is 18.3 Å². The normalized spacial score (nSPS) is 42.2. The first-order valence-electron chi connectivity index (χ1n) is 4.66. The van der Waals surface area contributed by atoms with Crippen molar-refractivity contribution in [3.63, 3.8) is 0 Å². The lowest BCUT2D eigenvalue weighted by molar-refractivity contribution is -0.149. The summed E-state index contributed by atoms with van der Waals surface area (Å²) in [7, 11) is 0. The quantitative estimate of drug-likeness (QED) is 0.761. The second-order valence-corrected chi connectivity index (χ2v) is 4.57. The van der Waals surface area contributed by atoms with Gasteiger partial charge in [-0.1, -0.05) is 17.7 Å². The predicted octanol–water partition coefficient (Wildman–Crippen LogP) is 2.63. The molecule has 0 aromatic heterocycles. The lowest BCUT2D eigenvalue weighted by atomic mass is 9.80. The molecular formula is C10H13ClO2. The summed E-state index contributed by atoms with van der Waals surface area (Å²) < 4.78 is 0. The summed E-state index contributed by atoms with van der Waals surface area (Å²) in [5.41, 5.74) is 0.938. The van der Waals surface area contributed by atoms with Crippen LogP contribution in [0.4, 0.5) is 0 Å². The number of carboxylic acids is 1. The van der Waals surface area contributed by atoms with Gasteiger partial charge in [0.05, 0.1) is 5.41 Å². The van der Waals surface area contributed by atoms with Gasteiger partial charge in [0.2, 0.25) is 0 Å². The average Bonchev–Trinajstić information content (AvgIpc) is 2.71. The third-order valence-corrected chi connectivity index (χ3v) is 3.60. The molecule has 2 atom stereocenters. The topological polar surface area (TPSA) is 37.3 Å². The van der Waals surface area contributed by atoms with E-state index in [1.807, 2.05) is 0 Å². The molecule has 2 nitrogen and oxygen atoms in total. The standard InChI is InChI=1S/C10H13ClO2/c11-3-1-2-10(9(12)13)5-7-4-8(7)6-10/h1,3,7-8H,2,4-6H2,(H,12,13)/b3-1+. The van der Waals surface area contributed by atoms with Crippen molar-refractivity contribution in [2.75, 3.05) is 0 Å². The highest BCUT2D eigenvalue weighted by Gasteiger charge is 2.56. The van der Waals surface area contributed by atoms with E-state index in [2.05, 4.69) is 0 Å². The molecule has 0 aliphatic heterocycles. The van der Waals surface area contributed by atoms with Crippen molar-refractivity contribution in [1.29, 1.82) is 0 Å². The van der Waals surface area contributed by atoms with Crippen LogP contribution < -0.4 is 0 Å². The Hall–Kier alpha value is -0.500. The summed E-state index contributed by atoms with van der Waals surface area (Å²) in [5.74, 6) is 0.745. The Morgan fingerprint density at radius 3 is 2.62 bits per heavy atom. The number of halogens is 1. The number of hydrogen-bond donors (Lipinski definition) is 1. The van der Waals surface area contributed by atoms with E-state index in [4.69, 9.17) is 16.7 Å². The van der Waals surface area contributed by atoms with Crippen LogP contribution in [0.15, 0.2) is 11.6 Å². The Bertz CT molecular complexity index is 250. The minimum absolute atomic E-state index is 0.487. The summed E-state index contributed by atoms with van der Waals surface area (Å²) in [6.45, 7) is 0. The van der Waals surface area contributed by atoms with Gasteiger partial charge in [0.25, 0.3) is 0 Å². The van der Waals surface area contributed by atoms with Crippen LogP contribution in [0.5, 0.6) is 0 Å². The molecule has 3 heteroatoms. The van der Waals surface area contributed by atoms with Crippen LogP contribution in [0.3, 0.4) is 0 Å². The second kappa shape index (κ2) is 3.02. The van der Waals surface area contributed by atoms with Crippen LogP contribution in [-0.4, -0.2) is 11.1 Å². The van der Waals surface area contributed by atoms with E-state index < -0.39 is 11.4 Å². The first kappa shape index (κ1) is 9.07. The van der Waals surface area contributed by atoms with Crippen molar-refractivity contribution >= 4 is 17.6 Å². The molecule has 2 aliphatic carbocycles. The van der Waals surface area contributed by atoms with Gasteiger partial charge in [-0.3, -0.25) is 4.79 Å². The Morgan fingerprint density at radius 2 is 2.15 bits per heavy atom. The van der Waals surface area contributed by atoms with Gasteiger partial charge < -0.3 is 5.11 Å². The molecule has 72 valence electrons. The molecule has 0 amide bonds. The van der Waals surface area contributed by atoms with E-state index in [0.717, 1.165) is 12.8 Å². The number of hydrogen-bond acceptors (Lipinski definition) is 1. The molecule has 0 aromatic rings. The van der Waals surface area contributed by atoms with Crippen LogP contribution in [0.1, 0.15) is 25.7 Å². The van der Waals surface area contributed by atoms with Crippen LogP contribution in [0.25, 0.3) is 0 Å². The molecule has 0 spiro atoms. The van der Waals surface area contributed by atoms with Gasteiger partial charge in [0, 0.05) is 5.54 Å². The maximum atomic E-state index is 11.1. The molecule has 0 bridgehead atoms. The van der Waals surface area contributed by atoms with Crippen LogP contribution >= 0.6 is 11.6 Å². The van der Waals surface area contributed by atoms with Gasteiger partial charge >= 0.3 is 5.97 Å². The van der Waals surface area contributed by atoms with Crippen molar-refractivity contribution < 1.29 is 9.90 Å². The third kappa shape index (κ3) is 1.48. The number of rotatable bonds is 3. The Balaban J connectivity index is 2.08. The van der Waals surface area contributed by atoms with Gasteiger partial charge in [-0.05, 0) is 37.5 Å². The lowest BCUT2D eigenvalue weighted by Gasteiger charge is -2.23. The highest BCUT2D eigenvalue weighted by atomic mass is 35.5. The molecule has 0 aromatic carbocycles. The van der Waals surface area contributed by atoms with Gasteiger partial charge in [0.1, 0.15) is 0 Å². The summed E-state index contributed by atoms with van der Waals surface area (Å²) in [6, 6.07) is 0. The molecule has 13 heavy (non-hydrogen) atoms. The minimum atomic E-state index is -0.644. The predicted molar refractivity (Wildman–Crippen MR) is 50.5 cm³/mol. The van der Waals surface area contributed by atoms with Crippen molar-refractivity contribution in [1.82, 2.24) is 0 Å². The first-order chi connectivity index (χ1) is 6.18. The molecule has 2 aliphatic rings. The first-order valence-corrected chi connectivity index (χ1v) is 5.10. The van der Waals surface area contributed by atoms with Crippen molar-refractivity contribution in [2.45, 2.75) is 25.7 Å². The number of allylic oxidation sites excluding steroid dienone is 1. The van der Waals surface area contributed by atoms with Crippen molar-refractivity contribution in [3.8, 4) is 0 Å². The molecule has 0 heterocycles. The number of carboxylic acid groups (broad SMARTS) is 1. The van der Waals surface area contributed by atoms with E-state index in [1.165, 1.54) is 12.0 Å². The van der Waals surface area contributed by atoms with Gasteiger partial charge in [0.15, 0.2) is 0 Å². The molecule has 0 radical (unpaired) electrons. The maximum Gasteiger partial charge on any atom is 0.309 e. The monoisotopic (exact) mass is 200 g/mol. The summed E-state index contributed by atoms with van der Waals surface area (Å²) in [5, 5.41) is 9.15. The zero-order valence-electron chi connectivity index (χ0n) is 7.37. The third-order valence-electron chi connectivity index (χ3n) is 3.43. The van der Waals surface area contributed by atoms with Crippen LogP contribution in [0, 0.1) is 17.3 Å². The fraction of sp³-hybridized carbons (Fsp3) is 0.700. The second-order valence-electron chi connectivity index (χ2n) is 4.32. The molecule has 2 fully saturated rings. The summed E-state index contributed by atoms with van der Waals surface area (Å²) >= 11 is 5.42. The maximum absolute atomic E-state index is 11.1. The zero-order chi connectivity index (χ0) is 9.47. The Morgan fingerprint density at radius 1 is 1.54 bits per heavy atom. The number of carbonyl (C=O) groups is 1. The van der Waals surface area contributed by atoms with Crippen LogP contribution in [-0.2, 0) is 4.79 Å². The number of aliphatic carboxylic acids is 1. The van der Waals surface area contributed by atoms with Crippen molar-refractivity contribution in [3.05, 3.63) is 11.6 Å². The summed E-state index contributed by atoms with van der Waals surface area (Å²) in [6.07, 6.45) is 5.32. The Labute approximate surface area is 82.6 Å². The highest BCUT2D eigenvalue weighted by molar-refractivity contribution is 6.25. The largest absolute Gasteiger partial charge is 0.481 e. The zero-order valence-corrected chi connectivity index (χ0v) is 8.13. The SMILES string of the molecule is O=C(O)C1(C/C=C/Cl)CC2CC2C1. The minimum Gasteiger partial charge on any atom is -0.481 e. The Kier molecular flexibility index (Phi) is 2.11. The molecule has 1 N–H and O–H groups in total. The number of fused-ring (bicyclic) bond motifs is 1. The van der Waals surface area contributed by atoms with E-state index in [9.17, 15) is 4.79 Å². The average molecular weight is 201 g/mol. The molecule has 2 rings (SSSR count). The van der Waals surface area contributed by atoms with Crippen LogP contribution in [0.2, 0.25) is 0 Å². The summed E-state index contributed by atoms with van der Waals surface area (Å²) in [4.78, 5) is 11.1. The van der Waals surface area contributed by atoms with Crippen molar-refractivity contribution in [2.24, 2.45) is 17.3 Å². The van der Waals surface area contributed by atoms with Gasteiger partial charge in [-0.15, -0.1) is 0 Å². The van der Waals surface area contributed by atoms with E-state index >= 15 is 0 Å². The van der Waals surface area contributed by atoms with Gasteiger partial charge in [-0.2, -0.15) is 0 Å². The molecular weight excluding hydrogens is 188 g/mol. The fourth-order valence-corrected chi connectivity index (χ4v) is 2.69. The molecule has 2 saturated carbocycles. The van der Waals surface area contributed by atoms with Gasteiger partial charge in [-0.25, -0.2) is 0 Å². The highest BCUT2D eigenvalue weighted by Crippen LogP contribution is 2.61. The smallest absolute Gasteiger partial charge is 0.309 e. The van der Waals surface area contributed by atoms with E-state index in [-0.39, 0.29) is 0 Å². The fourth-order valence-electron chi connectivity index (χ4n) is 2.60. The molecule has 0 saturated heterocycles.